The predicted octanol–water partition coefficient (Wildman–Crippen LogP) is 3.34. The number of carbonyl (C=O) groups excluding carboxylic acids is 2. The van der Waals surface area contributed by atoms with Gasteiger partial charge in [0.1, 0.15) is 5.69 Å². The van der Waals surface area contributed by atoms with Crippen molar-refractivity contribution in [1.29, 1.82) is 0 Å². The Morgan fingerprint density at radius 2 is 1.71 bits per heavy atom. The molecule has 0 saturated carbocycles. The Bertz CT molecular complexity index is 734. The monoisotopic (exact) mass is 325 g/mol. The minimum atomic E-state index is -0.273. The van der Waals surface area contributed by atoms with Crippen LogP contribution in [-0.4, -0.2) is 23.3 Å². The Balaban J connectivity index is 2.12. The second kappa shape index (κ2) is 7.73. The van der Waals surface area contributed by atoms with Gasteiger partial charge in [0.2, 0.25) is 0 Å². The molecule has 2 aromatic rings. The number of hydrogen-bond acceptors (Lipinski definition) is 3. The van der Waals surface area contributed by atoms with Crippen molar-refractivity contribution in [3.63, 3.8) is 0 Å². The van der Waals surface area contributed by atoms with E-state index in [1.807, 2.05) is 45.9 Å². The number of aryl methyl sites for hydroxylation is 2. The first-order valence-corrected chi connectivity index (χ1v) is 7.99. The lowest BCUT2D eigenvalue weighted by Crippen LogP contribution is -2.28. The van der Waals surface area contributed by atoms with E-state index in [9.17, 15) is 9.59 Å². The number of amides is 2. The number of anilines is 1. The topological polar surface area (TPSA) is 71.1 Å². The molecule has 0 saturated heterocycles. The minimum Gasteiger partial charge on any atom is -0.350 e. The molecule has 5 nitrogen and oxygen atoms in total. The molecule has 0 radical (unpaired) electrons. The first kappa shape index (κ1) is 17.7. The molecule has 2 N–H and O–H groups in total. The van der Waals surface area contributed by atoms with Crippen molar-refractivity contribution in [1.82, 2.24) is 10.3 Å². The van der Waals surface area contributed by atoms with E-state index in [2.05, 4.69) is 15.6 Å². The van der Waals surface area contributed by atoms with Gasteiger partial charge < -0.3 is 10.6 Å². The molecule has 126 valence electrons. The lowest BCUT2D eigenvalue weighted by Gasteiger charge is -2.09. The molecule has 0 aliphatic rings. The number of nitrogens with zero attached hydrogens (tertiary/aromatic N) is 1. The van der Waals surface area contributed by atoms with Gasteiger partial charge in [-0.1, -0.05) is 19.9 Å². The highest BCUT2D eigenvalue weighted by Crippen LogP contribution is 2.15. The third-order valence-electron chi connectivity index (χ3n) is 3.41. The normalized spacial score (nSPS) is 10.5. The maximum absolute atomic E-state index is 12.4. The maximum Gasteiger partial charge on any atom is 0.269 e. The smallest absolute Gasteiger partial charge is 0.269 e. The number of carbonyl (C=O) groups is 2. The zero-order valence-electron chi connectivity index (χ0n) is 14.5. The van der Waals surface area contributed by atoms with Crippen LogP contribution in [0.15, 0.2) is 36.5 Å². The first-order valence-electron chi connectivity index (χ1n) is 7.99. The van der Waals surface area contributed by atoms with Crippen molar-refractivity contribution in [2.75, 3.05) is 11.9 Å². The maximum atomic E-state index is 12.4. The fourth-order valence-electron chi connectivity index (χ4n) is 2.33. The molecular formula is C19H23N3O2. The molecule has 0 atom stereocenters. The third-order valence-corrected chi connectivity index (χ3v) is 3.41. The number of hydrogen-bond donors (Lipinski definition) is 2. The van der Waals surface area contributed by atoms with Crippen LogP contribution in [0.25, 0.3) is 0 Å². The van der Waals surface area contributed by atoms with Gasteiger partial charge in [-0.25, -0.2) is 0 Å². The number of rotatable bonds is 5. The summed E-state index contributed by atoms with van der Waals surface area (Å²) in [6, 6.07) is 8.95. The van der Waals surface area contributed by atoms with Crippen LogP contribution in [0.1, 0.15) is 45.8 Å². The highest BCUT2D eigenvalue weighted by Gasteiger charge is 2.12. The second-order valence-corrected chi connectivity index (χ2v) is 6.36. The second-order valence-electron chi connectivity index (χ2n) is 6.36. The molecule has 1 heterocycles. The lowest BCUT2D eigenvalue weighted by atomic mass is 10.1. The van der Waals surface area contributed by atoms with Gasteiger partial charge >= 0.3 is 0 Å². The summed E-state index contributed by atoms with van der Waals surface area (Å²) in [5.41, 5.74) is 3.53. The van der Waals surface area contributed by atoms with E-state index in [0.717, 1.165) is 16.8 Å². The average Bonchev–Trinajstić information content (AvgIpc) is 2.51. The molecule has 1 aromatic heterocycles. The van der Waals surface area contributed by atoms with E-state index in [1.165, 1.54) is 12.3 Å². The molecule has 0 aliphatic carbocycles. The van der Waals surface area contributed by atoms with E-state index in [0.29, 0.717) is 18.0 Å². The summed E-state index contributed by atoms with van der Waals surface area (Å²) in [5, 5.41) is 5.65. The predicted molar refractivity (Wildman–Crippen MR) is 95.3 cm³/mol. The summed E-state index contributed by atoms with van der Waals surface area (Å²) in [6.07, 6.45) is 1.47. The Hall–Kier alpha value is -2.69. The number of benzene rings is 1. The Labute approximate surface area is 142 Å². The standard InChI is InChI=1S/C19H23N3O2/c1-12(2)11-21-19(24)17-10-15(5-6-20-17)18(23)22-16-8-13(3)7-14(4)9-16/h5-10,12H,11H2,1-4H3,(H,21,24)(H,22,23). The molecule has 2 rings (SSSR count). The highest BCUT2D eigenvalue weighted by molar-refractivity contribution is 6.05. The summed E-state index contributed by atoms with van der Waals surface area (Å²) >= 11 is 0. The third kappa shape index (κ3) is 4.91. The quantitative estimate of drug-likeness (QED) is 0.885. The van der Waals surface area contributed by atoms with E-state index < -0.39 is 0 Å². The molecule has 24 heavy (non-hydrogen) atoms. The van der Waals surface area contributed by atoms with Crippen LogP contribution in [0.3, 0.4) is 0 Å². The van der Waals surface area contributed by atoms with Gasteiger partial charge in [0.05, 0.1) is 0 Å². The fraction of sp³-hybridized carbons (Fsp3) is 0.316. The van der Waals surface area contributed by atoms with Gasteiger partial charge in [0, 0.05) is 24.0 Å². The zero-order valence-corrected chi connectivity index (χ0v) is 14.5. The van der Waals surface area contributed by atoms with E-state index >= 15 is 0 Å². The molecule has 0 aliphatic heterocycles. The van der Waals surface area contributed by atoms with Crippen molar-refractivity contribution < 1.29 is 9.59 Å². The van der Waals surface area contributed by atoms with Gasteiger partial charge in [-0.3, -0.25) is 14.6 Å². The van der Waals surface area contributed by atoms with Gasteiger partial charge in [-0.05, 0) is 55.2 Å². The van der Waals surface area contributed by atoms with Crippen molar-refractivity contribution in [3.8, 4) is 0 Å². The van der Waals surface area contributed by atoms with Crippen molar-refractivity contribution >= 4 is 17.5 Å². The molecule has 0 fully saturated rings. The van der Waals surface area contributed by atoms with E-state index in [-0.39, 0.29) is 17.5 Å². The van der Waals surface area contributed by atoms with Crippen LogP contribution < -0.4 is 10.6 Å². The summed E-state index contributed by atoms with van der Waals surface area (Å²) in [5.74, 6) is -0.185. The summed E-state index contributed by atoms with van der Waals surface area (Å²) in [7, 11) is 0. The highest BCUT2D eigenvalue weighted by atomic mass is 16.2. The Kier molecular flexibility index (Phi) is 5.68. The van der Waals surface area contributed by atoms with Crippen molar-refractivity contribution in [3.05, 3.63) is 58.9 Å². The number of nitrogens with one attached hydrogen (secondary N) is 2. The lowest BCUT2D eigenvalue weighted by molar-refractivity contribution is 0.0944. The summed E-state index contributed by atoms with van der Waals surface area (Å²) in [6.45, 7) is 8.56. The van der Waals surface area contributed by atoms with Crippen LogP contribution in [0.5, 0.6) is 0 Å². The summed E-state index contributed by atoms with van der Waals surface area (Å²) in [4.78, 5) is 28.5. The van der Waals surface area contributed by atoms with Gasteiger partial charge in [-0.2, -0.15) is 0 Å². The van der Waals surface area contributed by atoms with E-state index in [1.54, 1.807) is 6.07 Å². The Morgan fingerprint density at radius 1 is 1.04 bits per heavy atom. The molecule has 1 aromatic carbocycles. The largest absolute Gasteiger partial charge is 0.350 e. The minimum absolute atomic E-state index is 0.240. The van der Waals surface area contributed by atoms with Gasteiger partial charge in [0.25, 0.3) is 11.8 Å². The van der Waals surface area contributed by atoms with Crippen molar-refractivity contribution in [2.24, 2.45) is 5.92 Å². The zero-order chi connectivity index (χ0) is 17.7. The number of aromatic nitrogens is 1. The Morgan fingerprint density at radius 3 is 2.33 bits per heavy atom. The van der Waals surface area contributed by atoms with Gasteiger partial charge in [-0.15, -0.1) is 0 Å². The van der Waals surface area contributed by atoms with Crippen LogP contribution >= 0.6 is 0 Å². The van der Waals surface area contributed by atoms with Crippen LogP contribution in [0.2, 0.25) is 0 Å². The van der Waals surface area contributed by atoms with Crippen LogP contribution in [0.4, 0.5) is 5.69 Å². The van der Waals surface area contributed by atoms with Crippen LogP contribution in [0, 0.1) is 19.8 Å². The average molecular weight is 325 g/mol. The molecule has 2 amide bonds. The molecule has 0 unspecified atom stereocenters. The van der Waals surface area contributed by atoms with E-state index in [4.69, 9.17) is 0 Å². The first-order chi connectivity index (χ1) is 11.3. The van der Waals surface area contributed by atoms with Gasteiger partial charge in [0.15, 0.2) is 0 Å². The van der Waals surface area contributed by atoms with Crippen molar-refractivity contribution in [2.45, 2.75) is 27.7 Å². The fourth-order valence-corrected chi connectivity index (χ4v) is 2.33. The summed E-state index contributed by atoms with van der Waals surface area (Å²) < 4.78 is 0. The van der Waals surface area contributed by atoms with Crippen LogP contribution in [-0.2, 0) is 0 Å². The molecule has 0 bridgehead atoms. The molecule has 5 heteroatoms. The molecule has 0 spiro atoms. The SMILES string of the molecule is Cc1cc(C)cc(NC(=O)c2ccnc(C(=O)NCC(C)C)c2)c1. The molecular weight excluding hydrogens is 302 g/mol. The number of pyridine rings is 1.